The lowest BCUT2D eigenvalue weighted by molar-refractivity contribution is -0.114. The van der Waals surface area contributed by atoms with Crippen LogP contribution in [0.25, 0.3) is 10.8 Å². The molecule has 0 aliphatic heterocycles. The number of hydrogen-bond acceptors (Lipinski definition) is 4. The Morgan fingerprint density at radius 2 is 1.75 bits per heavy atom. The number of hydrogen-bond donors (Lipinski definition) is 1. The van der Waals surface area contributed by atoms with Gasteiger partial charge in [-0.05, 0) is 30.5 Å². The molecule has 146 valence electrons. The minimum Gasteiger partial charge on any atom is -0.494 e. The first-order valence-corrected chi connectivity index (χ1v) is 10.7. The summed E-state index contributed by atoms with van der Waals surface area (Å²) in [4.78, 5) is 12.6. The van der Waals surface area contributed by atoms with Gasteiger partial charge in [-0.15, -0.1) is 0 Å². The minimum absolute atomic E-state index is 0.328. The Morgan fingerprint density at radius 3 is 2.50 bits per heavy atom. The summed E-state index contributed by atoms with van der Waals surface area (Å²) in [6.07, 6.45) is 1.10. The van der Waals surface area contributed by atoms with Crippen molar-refractivity contribution in [2.45, 2.75) is 6.92 Å². The van der Waals surface area contributed by atoms with Crippen LogP contribution in [-0.4, -0.2) is 33.7 Å². The molecule has 3 aromatic carbocycles. The molecule has 0 heterocycles. The second-order valence-electron chi connectivity index (χ2n) is 6.28. The topological polar surface area (TPSA) is 75.7 Å². The van der Waals surface area contributed by atoms with Crippen LogP contribution in [0.4, 0.5) is 11.4 Å². The van der Waals surface area contributed by atoms with Crippen molar-refractivity contribution >= 4 is 38.1 Å². The highest BCUT2D eigenvalue weighted by atomic mass is 32.2. The van der Waals surface area contributed by atoms with Gasteiger partial charge >= 0.3 is 0 Å². The third-order valence-electron chi connectivity index (χ3n) is 4.15. The van der Waals surface area contributed by atoms with Gasteiger partial charge in [0, 0.05) is 17.1 Å². The normalized spacial score (nSPS) is 11.2. The van der Waals surface area contributed by atoms with E-state index < -0.39 is 15.9 Å². The van der Waals surface area contributed by atoms with Gasteiger partial charge in [0.25, 0.3) is 0 Å². The van der Waals surface area contributed by atoms with Crippen molar-refractivity contribution in [2.75, 3.05) is 29.0 Å². The van der Waals surface area contributed by atoms with E-state index in [-0.39, 0.29) is 6.54 Å². The van der Waals surface area contributed by atoms with Gasteiger partial charge in [0.15, 0.2) is 0 Å². The van der Waals surface area contributed by atoms with Crippen LogP contribution in [0.5, 0.6) is 5.75 Å². The van der Waals surface area contributed by atoms with Crippen LogP contribution in [0.15, 0.2) is 66.7 Å². The van der Waals surface area contributed by atoms with Crippen LogP contribution in [0.2, 0.25) is 0 Å². The number of fused-ring (bicyclic) bond motifs is 1. The zero-order valence-electron chi connectivity index (χ0n) is 15.8. The Kier molecular flexibility index (Phi) is 5.84. The van der Waals surface area contributed by atoms with Gasteiger partial charge in [0.05, 0.1) is 18.6 Å². The highest BCUT2D eigenvalue weighted by Gasteiger charge is 2.22. The molecule has 0 saturated carbocycles. The van der Waals surface area contributed by atoms with Crippen LogP contribution in [0.1, 0.15) is 6.92 Å². The van der Waals surface area contributed by atoms with Crippen molar-refractivity contribution in [3.8, 4) is 5.75 Å². The molecule has 3 aromatic rings. The summed E-state index contributed by atoms with van der Waals surface area (Å²) in [5, 5.41) is 4.40. The maximum absolute atomic E-state index is 12.6. The van der Waals surface area contributed by atoms with E-state index in [4.69, 9.17) is 4.74 Å². The quantitative estimate of drug-likeness (QED) is 0.659. The Morgan fingerprint density at radius 1 is 1.04 bits per heavy atom. The van der Waals surface area contributed by atoms with Crippen molar-refractivity contribution in [2.24, 2.45) is 0 Å². The van der Waals surface area contributed by atoms with Crippen molar-refractivity contribution in [1.29, 1.82) is 0 Å². The zero-order chi connectivity index (χ0) is 20.1. The van der Waals surface area contributed by atoms with Gasteiger partial charge < -0.3 is 10.1 Å². The molecule has 0 fully saturated rings. The van der Waals surface area contributed by atoms with Crippen LogP contribution in [0, 0.1) is 0 Å². The summed E-state index contributed by atoms with van der Waals surface area (Å²) in [7, 11) is -3.67. The average Bonchev–Trinajstić information content (AvgIpc) is 2.65. The largest absolute Gasteiger partial charge is 0.494 e. The molecule has 0 bridgehead atoms. The van der Waals surface area contributed by atoms with Crippen molar-refractivity contribution in [3.05, 3.63) is 66.7 Å². The first-order valence-electron chi connectivity index (χ1n) is 8.86. The molecule has 0 aliphatic rings. The lowest BCUT2D eigenvalue weighted by atomic mass is 10.1. The molecule has 0 aromatic heterocycles. The molecule has 3 rings (SSSR count). The molecule has 1 amide bonds. The van der Waals surface area contributed by atoms with E-state index in [1.165, 1.54) is 0 Å². The number of rotatable bonds is 7. The fourth-order valence-corrected chi connectivity index (χ4v) is 3.84. The predicted molar refractivity (Wildman–Crippen MR) is 112 cm³/mol. The maximum atomic E-state index is 12.6. The molecule has 0 radical (unpaired) electrons. The molecular formula is C21H22N2O4S. The number of benzene rings is 3. The van der Waals surface area contributed by atoms with Gasteiger partial charge in [-0.2, -0.15) is 0 Å². The van der Waals surface area contributed by atoms with Crippen LogP contribution >= 0.6 is 0 Å². The van der Waals surface area contributed by atoms with E-state index in [1.807, 2.05) is 37.3 Å². The van der Waals surface area contributed by atoms with Crippen molar-refractivity contribution in [1.82, 2.24) is 0 Å². The predicted octanol–water partition coefficient (Wildman–Crippen LogP) is 3.64. The Balaban J connectivity index is 1.87. The lowest BCUT2D eigenvalue weighted by Crippen LogP contribution is -2.37. The molecule has 28 heavy (non-hydrogen) atoms. The Hall–Kier alpha value is -3.06. The molecule has 1 N–H and O–H groups in total. The number of carbonyl (C=O) groups is 1. The molecule has 7 heteroatoms. The van der Waals surface area contributed by atoms with Gasteiger partial charge in [0.2, 0.25) is 15.9 Å². The number of nitrogens with one attached hydrogen (secondary N) is 1. The van der Waals surface area contributed by atoms with Gasteiger partial charge in [-0.1, -0.05) is 42.5 Å². The number of nitrogens with zero attached hydrogens (tertiary/aromatic N) is 1. The summed E-state index contributed by atoms with van der Waals surface area (Å²) in [6, 6.07) is 19.8. The van der Waals surface area contributed by atoms with E-state index in [1.54, 1.807) is 36.4 Å². The SMILES string of the molecule is CCOc1cccc(NC(=O)CN(c2cccc3ccccc23)S(C)(=O)=O)c1. The average molecular weight is 398 g/mol. The first-order chi connectivity index (χ1) is 13.4. The fourth-order valence-electron chi connectivity index (χ4n) is 2.97. The van der Waals surface area contributed by atoms with E-state index in [2.05, 4.69) is 5.32 Å². The van der Waals surface area contributed by atoms with E-state index >= 15 is 0 Å². The van der Waals surface area contributed by atoms with Crippen LogP contribution in [0.3, 0.4) is 0 Å². The van der Waals surface area contributed by atoms with Gasteiger partial charge in [-0.3, -0.25) is 9.10 Å². The standard InChI is InChI=1S/C21H22N2O4S/c1-3-27-18-11-7-10-17(14-18)22-21(24)15-23(28(2,25)26)20-13-6-9-16-8-4-5-12-19(16)20/h4-14H,3,15H2,1-2H3,(H,22,24). The number of anilines is 2. The third-order valence-corrected chi connectivity index (χ3v) is 5.28. The summed E-state index contributed by atoms with van der Waals surface area (Å²) in [6.45, 7) is 2.06. The fraction of sp³-hybridized carbons (Fsp3) is 0.190. The second kappa shape index (κ2) is 8.31. The Labute approximate surface area is 164 Å². The number of carbonyl (C=O) groups excluding carboxylic acids is 1. The molecule has 0 unspecified atom stereocenters. The second-order valence-corrected chi connectivity index (χ2v) is 8.18. The highest BCUT2D eigenvalue weighted by Crippen LogP contribution is 2.28. The summed E-state index contributed by atoms with van der Waals surface area (Å²) >= 11 is 0. The van der Waals surface area contributed by atoms with E-state index in [9.17, 15) is 13.2 Å². The van der Waals surface area contributed by atoms with Gasteiger partial charge in [0.1, 0.15) is 12.3 Å². The summed E-state index contributed by atoms with van der Waals surface area (Å²) < 4.78 is 31.4. The van der Waals surface area contributed by atoms with E-state index in [0.717, 1.165) is 21.3 Å². The molecule has 0 atom stereocenters. The molecular weight excluding hydrogens is 376 g/mol. The zero-order valence-corrected chi connectivity index (χ0v) is 16.6. The number of ether oxygens (including phenoxy) is 1. The lowest BCUT2D eigenvalue weighted by Gasteiger charge is -2.23. The third kappa shape index (κ3) is 4.61. The first kappa shape index (κ1) is 19.7. The van der Waals surface area contributed by atoms with Crippen LogP contribution in [-0.2, 0) is 14.8 Å². The molecule has 0 aliphatic carbocycles. The molecule has 0 spiro atoms. The Bertz CT molecular complexity index is 1090. The summed E-state index contributed by atoms with van der Waals surface area (Å²) in [5.41, 5.74) is 1.01. The molecule has 6 nitrogen and oxygen atoms in total. The van der Waals surface area contributed by atoms with E-state index in [0.29, 0.717) is 23.7 Å². The number of sulfonamides is 1. The van der Waals surface area contributed by atoms with Crippen molar-refractivity contribution in [3.63, 3.8) is 0 Å². The highest BCUT2D eigenvalue weighted by molar-refractivity contribution is 7.92. The molecule has 0 saturated heterocycles. The number of amides is 1. The minimum atomic E-state index is -3.67. The smallest absolute Gasteiger partial charge is 0.245 e. The van der Waals surface area contributed by atoms with Gasteiger partial charge in [-0.25, -0.2) is 8.42 Å². The van der Waals surface area contributed by atoms with Crippen molar-refractivity contribution < 1.29 is 17.9 Å². The van der Waals surface area contributed by atoms with Crippen LogP contribution < -0.4 is 14.4 Å². The maximum Gasteiger partial charge on any atom is 0.245 e. The monoisotopic (exact) mass is 398 g/mol. The summed E-state index contributed by atoms with van der Waals surface area (Å²) in [5.74, 6) is 0.196.